The summed E-state index contributed by atoms with van der Waals surface area (Å²) in [5.41, 5.74) is 0. The monoisotopic (exact) mass is 516 g/mol. The van der Waals surface area contributed by atoms with Crippen molar-refractivity contribution in [3.63, 3.8) is 0 Å². The minimum absolute atomic E-state index is 0.962. The number of aliphatic hydroxyl groups excluding tert-OH is 5. The Kier molecular flexibility index (Phi) is 9.28. The first-order valence-corrected chi connectivity index (χ1v) is 11.5. The van der Waals surface area contributed by atoms with E-state index in [1.54, 1.807) is 0 Å². The summed E-state index contributed by atoms with van der Waals surface area (Å²) < 4.78 is 89.6. The van der Waals surface area contributed by atoms with E-state index >= 15 is 0 Å². The predicted molar refractivity (Wildman–Crippen MR) is 94.2 cm³/mol. The molecule has 19 heteroatoms. The molecule has 17 nitrogen and oxygen atoms in total. The summed E-state index contributed by atoms with van der Waals surface area (Å²) in [7, 11) is -8.84. The Labute approximate surface area is 181 Å². The van der Waals surface area contributed by atoms with E-state index in [-0.39, 0.29) is 0 Å². The predicted octanol–water partition coefficient (Wildman–Crippen LogP) is -5.09. The molecule has 2 aliphatic heterocycles. The lowest BCUT2D eigenvalue weighted by molar-refractivity contribution is -0.356. The molecule has 0 aromatic heterocycles. The van der Waals surface area contributed by atoms with Gasteiger partial charge < -0.3 is 44.5 Å². The number of rotatable bonds is 9. The molecule has 10 atom stereocenters. The Balaban J connectivity index is 2.23. The molecule has 2 rings (SSSR count). The summed E-state index contributed by atoms with van der Waals surface area (Å²) in [6.07, 6.45) is -17.7. The van der Waals surface area contributed by atoms with E-state index in [1.807, 2.05) is 0 Å². The van der Waals surface area contributed by atoms with Gasteiger partial charge in [0.15, 0.2) is 12.6 Å². The van der Waals surface area contributed by atoms with Crippen LogP contribution in [0.2, 0.25) is 0 Å². The van der Waals surface area contributed by atoms with Crippen molar-refractivity contribution in [2.45, 2.75) is 61.4 Å². The van der Waals surface area contributed by atoms with Gasteiger partial charge in [-0.1, -0.05) is 0 Å². The van der Waals surface area contributed by atoms with Crippen LogP contribution in [-0.2, 0) is 48.1 Å². The third-order valence-corrected chi connectivity index (χ3v) is 5.50. The van der Waals surface area contributed by atoms with Gasteiger partial charge in [-0.05, 0) is 0 Å². The fourth-order valence-corrected chi connectivity index (χ4v) is 3.72. The first kappa shape index (κ1) is 27.6. The Morgan fingerprint density at radius 1 is 0.719 bits per heavy atom. The van der Waals surface area contributed by atoms with Crippen LogP contribution in [0.4, 0.5) is 0 Å². The normalized spacial score (nSPS) is 41.5. The van der Waals surface area contributed by atoms with Crippen LogP contribution in [0, 0.1) is 0 Å². The highest BCUT2D eigenvalue weighted by Crippen LogP contribution is 2.30. The fraction of sp³-hybridized carbons (Fsp3) is 1.00. The smallest absolute Gasteiger partial charge is 0.387 e. The number of hydrogen-bond acceptors (Lipinski definition) is 15. The third-order valence-electron chi connectivity index (χ3n) is 4.63. The second-order valence-corrected chi connectivity index (χ2v) is 8.98. The zero-order valence-electron chi connectivity index (χ0n) is 16.2. The standard InChI is InChI=1S/C13H24O17S2/c1-25-11-9(17)12(18)28-5(3-27-32(22,23)24)10(11)30-13-8(16)7(15)6(14)4(29-13)2-26-31(19,20)21/h4-18H,2-3H2,1H3,(H,19,20,21)(H,22,23,24)/t4-,5+,6+,7+,8-,9+,10-,11+,12-,13+/m1/s1. The molecule has 0 aromatic carbocycles. The molecule has 0 bridgehead atoms. The topological polar surface area (TPSA) is 265 Å². The maximum absolute atomic E-state index is 10.9. The second-order valence-electron chi connectivity index (χ2n) is 6.80. The van der Waals surface area contributed by atoms with Gasteiger partial charge in [-0.2, -0.15) is 16.8 Å². The SMILES string of the molecule is CO[C@H]1[C@H](O)[C@H](O)O[C@@H](COS(=O)(=O)O)[C@H]1O[C@@H]1O[C@H](COS(=O)(=O)O)[C@H](O)[C@H](O)[C@H]1O. The van der Waals surface area contributed by atoms with E-state index in [1.165, 1.54) is 0 Å². The molecule has 0 saturated carbocycles. The maximum Gasteiger partial charge on any atom is 0.397 e. The Hall–Kier alpha value is -0.620. The second kappa shape index (κ2) is 10.8. The highest BCUT2D eigenvalue weighted by atomic mass is 32.3. The molecule has 2 fully saturated rings. The molecular formula is C13H24O17S2. The molecule has 2 aliphatic rings. The van der Waals surface area contributed by atoms with Crippen LogP contribution in [0.25, 0.3) is 0 Å². The van der Waals surface area contributed by atoms with Gasteiger partial charge in [0.2, 0.25) is 0 Å². The maximum atomic E-state index is 10.9. The van der Waals surface area contributed by atoms with Crippen molar-refractivity contribution < 1.29 is 78.8 Å². The Morgan fingerprint density at radius 3 is 1.75 bits per heavy atom. The van der Waals surface area contributed by atoms with Gasteiger partial charge in [0.25, 0.3) is 0 Å². The van der Waals surface area contributed by atoms with Crippen molar-refractivity contribution in [1.82, 2.24) is 0 Å². The minimum Gasteiger partial charge on any atom is -0.387 e. The van der Waals surface area contributed by atoms with E-state index in [0.29, 0.717) is 0 Å². The molecule has 0 aliphatic carbocycles. The van der Waals surface area contributed by atoms with E-state index in [2.05, 4.69) is 8.37 Å². The van der Waals surface area contributed by atoms with Gasteiger partial charge >= 0.3 is 20.8 Å². The van der Waals surface area contributed by atoms with E-state index in [0.717, 1.165) is 7.11 Å². The van der Waals surface area contributed by atoms with Gasteiger partial charge in [-0.25, -0.2) is 8.37 Å². The zero-order valence-corrected chi connectivity index (χ0v) is 17.9. The highest BCUT2D eigenvalue weighted by Gasteiger charge is 2.51. The first-order chi connectivity index (χ1) is 14.6. The van der Waals surface area contributed by atoms with Crippen LogP contribution in [0.5, 0.6) is 0 Å². The van der Waals surface area contributed by atoms with Crippen LogP contribution >= 0.6 is 0 Å². The highest BCUT2D eigenvalue weighted by molar-refractivity contribution is 7.81. The molecule has 0 aromatic rings. The average molecular weight is 516 g/mol. The molecule has 190 valence electrons. The summed E-state index contributed by atoms with van der Waals surface area (Å²) in [6, 6.07) is 0. The molecule has 0 spiro atoms. The molecule has 7 N–H and O–H groups in total. The summed E-state index contributed by atoms with van der Waals surface area (Å²) in [5, 5.41) is 50.0. The van der Waals surface area contributed by atoms with Crippen molar-refractivity contribution >= 4 is 20.8 Å². The van der Waals surface area contributed by atoms with Crippen LogP contribution in [0.15, 0.2) is 0 Å². The Morgan fingerprint density at radius 2 is 1.25 bits per heavy atom. The van der Waals surface area contributed by atoms with E-state index < -0.39 is 95.4 Å². The van der Waals surface area contributed by atoms with Gasteiger partial charge in [0.05, 0.1) is 13.2 Å². The molecule has 32 heavy (non-hydrogen) atoms. The lowest BCUT2D eigenvalue weighted by Gasteiger charge is -2.46. The molecule has 0 unspecified atom stereocenters. The van der Waals surface area contributed by atoms with Gasteiger partial charge in [-0.15, -0.1) is 0 Å². The van der Waals surface area contributed by atoms with Crippen LogP contribution in [0.1, 0.15) is 0 Å². The van der Waals surface area contributed by atoms with E-state index in [9.17, 15) is 42.4 Å². The zero-order chi connectivity index (χ0) is 24.4. The number of methoxy groups -OCH3 is 1. The fourth-order valence-electron chi connectivity index (χ4n) is 3.11. The Bertz CT molecular complexity index is 816. The van der Waals surface area contributed by atoms with Crippen molar-refractivity contribution in [2.75, 3.05) is 20.3 Å². The van der Waals surface area contributed by atoms with E-state index in [4.69, 9.17) is 28.1 Å². The average Bonchev–Trinajstić information content (AvgIpc) is 2.67. The quantitative estimate of drug-likeness (QED) is 0.141. The molecule has 2 saturated heterocycles. The summed E-state index contributed by atoms with van der Waals surface area (Å²) in [5.74, 6) is 0. The number of hydrogen-bond donors (Lipinski definition) is 7. The van der Waals surface area contributed by atoms with Gasteiger partial charge in [0.1, 0.15) is 48.8 Å². The van der Waals surface area contributed by atoms with Crippen molar-refractivity contribution in [3.05, 3.63) is 0 Å². The lowest BCUT2D eigenvalue weighted by Crippen LogP contribution is -2.65. The first-order valence-electron chi connectivity index (χ1n) is 8.77. The lowest BCUT2D eigenvalue weighted by atomic mass is 9.97. The van der Waals surface area contributed by atoms with Crippen molar-refractivity contribution in [3.8, 4) is 0 Å². The largest absolute Gasteiger partial charge is 0.397 e. The van der Waals surface area contributed by atoms with Gasteiger partial charge in [0, 0.05) is 7.11 Å². The van der Waals surface area contributed by atoms with Gasteiger partial charge in [-0.3, -0.25) is 9.11 Å². The van der Waals surface area contributed by atoms with Crippen LogP contribution < -0.4 is 0 Å². The summed E-state index contributed by atoms with van der Waals surface area (Å²) in [4.78, 5) is 0. The third kappa shape index (κ3) is 7.19. The molecule has 0 radical (unpaired) electrons. The minimum atomic E-state index is -4.96. The van der Waals surface area contributed by atoms with Crippen LogP contribution in [0.3, 0.4) is 0 Å². The number of aliphatic hydroxyl groups is 5. The summed E-state index contributed by atoms with van der Waals surface area (Å²) >= 11 is 0. The molecule has 2 heterocycles. The molecule has 0 amide bonds. The van der Waals surface area contributed by atoms with Crippen LogP contribution in [-0.4, -0.2) is 133 Å². The summed E-state index contributed by atoms with van der Waals surface area (Å²) in [6.45, 7) is -1.97. The number of ether oxygens (including phenoxy) is 4. The van der Waals surface area contributed by atoms with Crippen molar-refractivity contribution in [1.29, 1.82) is 0 Å². The van der Waals surface area contributed by atoms with Crippen molar-refractivity contribution in [2.24, 2.45) is 0 Å². The molecular weight excluding hydrogens is 492 g/mol.